The molecule has 80 valence electrons. The minimum absolute atomic E-state index is 0.635. The fraction of sp³-hybridized carbons (Fsp3) is 0.900. The number of hydrogen-bond donors (Lipinski definition) is 1. The van der Waals surface area contributed by atoms with E-state index in [1.165, 1.54) is 0 Å². The van der Waals surface area contributed by atoms with Crippen molar-refractivity contribution in [1.29, 1.82) is 5.26 Å². The summed E-state index contributed by atoms with van der Waals surface area (Å²) in [7, 11) is 0. The summed E-state index contributed by atoms with van der Waals surface area (Å²) in [5, 5.41) is 9.41. The fourth-order valence-corrected chi connectivity index (χ4v) is 2.30. The minimum Gasteiger partial charge on any atom is -0.379 e. The molecule has 1 aliphatic heterocycles. The van der Waals surface area contributed by atoms with Gasteiger partial charge >= 0.3 is 0 Å². The van der Waals surface area contributed by atoms with E-state index in [4.69, 9.17) is 15.7 Å². The van der Waals surface area contributed by atoms with Crippen molar-refractivity contribution in [3.63, 3.8) is 0 Å². The number of unbranched alkanes of at least 4 members (excludes halogenated alkanes) is 1. The van der Waals surface area contributed by atoms with Crippen LogP contribution in [0.15, 0.2) is 0 Å². The van der Waals surface area contributed by atoms with Gasteiger partial charge in [0.25, 0.3) is 0 Å². The van der Waals surface area contributed by atoms with Crippen molar-refractivity contribution < 1.29 is 4.74 Å². The highest BCUT2D eigenvalue weighted by molar-refractivity contribution is 8.00. The van der Waals surface area contributed by atoms with E-state index in [1.807, 2.05) is 11.8 Å². The Bertz CT molecular complexity index is 209. The Balaban J connectivity index is 1.91. The van der Waals surface area contributed by atoms with E-state index >= 15 is 0 Å². The summed E-state index contributed by atoms with van der Waals surface area (Å²) in [5.74, 6) is 1.16. The molecule has 2 N–H and O–H groups in total. The van der Waals surface area contributed by atoms with E-state index in [0.29, 0.717) is 0 Å². The Morgan fingerprint density at radius 3 is 2.79 bits per heavy atom. The van der Waals surface area contributed by atoms with Crippen LogP contribution in [0.25, 0.3) is 0 Å². The Hall–Kier alpha value is -0.240. The van der Waals surface area contributed by atoms with Gasteiger partial charge in [0.05, 0.1) is 24.5 Å². The molecule has 1 aliphatic rings. The van der Waals surface area contributed by atoms with Crippen molar-refractivity contribution >= 4 is 11.8 Å². The van der Waals surface area contributed by atoms with Gasteiger partial charge in [-0.1, -0.05) is 0 Å². The van der Waals surface area contributed by atoms with Crippen LogP contribution in [-0.2, 0) is 4.74 Å². The average molecular weight is 214 g/mol. The minimum atomic E-state index is -0.635. The van der Waals surface area contributed by atoms with Crippen molar-refractivity contribution in [2.75, 3.05) is 19.0 Å². The highest BCUT2D eigenvalue weighted by atomic mass is 32.2. The highest BCUT2D eigenvalue weighted by Crippen LogP contribution is 2.21. The lowest BCUT2D eigenvalue weighted by Gasteiger charge is -2.25. The molecule has 0 aromatic carbocycles. The van der Waals surface area contributed by atoms with Gasteiger partial charge in [0.15, 0.2) is 0 Å². The van der Waals surface area contributed by atoms with Crippen molar-refractivity contribution in [3.8, 4) is 6.07 Å². The number of nitrogens with zero attached hydrogens (tertiary/aromatic N) is 1. The molecule has 1 atom stereocenters. The third-order valence-electron chi connectivity index (χ3n) is 2.31. The standard InChI is InChI=1S/C10H18N2OS/c1-10(12,8-11)4-2-3-5-14-9-6-13-7-9/h9H,2-7,12H2,1H3. The first-order valence-electron chi connectivity index (χ1n) is 5.03. The lowest BCUT2D eigenvalue weighted by molar-refractivity contribution is 0.0455. The zero-order valence-electron chi connectivity index (χ0n) is 8.66. The summed E-state index contributed by atoms with van der Waals surface area (Å²) in [6.07, 6.45) is 2.99. The van der Waals surface area contributed by atoms with Gasteiger partial charge in [-0.15, -0.1) is 0 Å². The van der Waals surface area contributed by atoms with Crippen LogP contribution in [0.2, 0.25) is 0 Å². The molecular weight excluding hydrogens is 196 g/mol. The quantitative estimate of drug-likeness (QED) is 0.681. The molecule has 0 saturated carbocycles. The molecule has 1 saturated heterocycles. The molecule has 0 aromatic heterocycles. The maximum Gasteiger partial charge on any atom is 0.101 e. The zero-order valence-corrected chi connectivity index (χ0v) is 9.48. The lowest BCUT2D eigenvalue weighted by Crippen LogP contribution is -2.33. The number of rotatable bonds is 6. The molecule has 1 fully saturated rings. The molecule has 0 amide bonds. The largest absolute Gasteiger partial charge is 0.379 e. The first kappa shape index (κ1) is 11.8. The molecule has 1 unspecified atom stereocenters. The molecule has 3 nitrogen and oxygen atoms in total. The van der Waals surface area contributed by atoms with Crippen LogP contribution in [0.3, 0.4) is 0 Å². The number of hydrogen-bond acceptors (Lipinski definition) is 4. The lowest BCUT2D eigenvalue weighted by atomic mass is 9.99. The maximum atomic E-state index is 8.69. The molecule has 0 bridgehead atoms. The first-order valence-corrected chi connectivity index (χ1v) is 6.08. The normalized spacial score (nSPS) is 20.9. The van der Waals surface area contributed by atoms with Gasteiger partial charge in [-0.25, -0.2) is 0 Å². The highest BCUT2D eigenvalue weighted by Gasteiger charge is 2.19. The van der Waals surface area contributed by atoms with E-state index < -0.39 is 5.54 Å². The number of nitriles is 1. The third-order valence-corrected chi connectivity index (χ3v) is 3.57. The van der Waals surface area contributed by atoms with Crippen molar-refractivity contribution in [3.05, 3.63) is 0 Å². The molecular formula is C10H18N2OS. The second kappa shape index (κ2) is 5.59. The van der Waals surface area contributed by atoms with Gasteiger partial charge in [0.2, 0.25) is 0 Å². The monoisotopic (exact) mass is 214 g/mol. The Morgan fingerprint density at radius 1 is 1.57 bits per heavy atom. The van der Waals surface area contributed by atoms with Crippen molar-refractivity contribution in [2.24, 2.45) is 5.73 Å². The van der Waals surface area contributed by atoms with E-state index in [0.717, 1.165) is 43.5 Å². The van der Waals surface area contributed by atoms with Crippen molar-refractivity contribution in [1.82, 2.24) is 0 Å². The molecule has 1 rings (SSSR count). The second-order valence-corrected chi connectivity index (χ2v) is 5.42. The molecule has 1 heterocycles. The average Bonchev–Trinajstić information content (AvgIpc) is 2.08. The molecule has 4 heteroatoms. The van der Waals surface area contributed by atoms with Gasteiger partial charge in [-0.2, -0.15) is 17.0 Å². The maximum absolute atomic E-state index is 8.69. The van der Waals surface area contributed by atoms with Crippen LogP contribution < -0.4 is 5.73 Å². The Kier molecular flexibility index (Phi) is 4.73. The molecule has 0 aliphatic carbocycles. The third kappa shape index (κ3) is 4.32. The first-order chi connectivity index (χ1) is 6.64. The smallest absolute Gasteiger partial charge is 0.101 e. The number of ether oxygens (including phenoxy) is 1. The van der Waals surface area contributed by atoms with Crippen molar-refractivity contribution in [2.45, 2.75) is 37.0 Å². The Labute approximate surface area is 90.0 Å². The Morgan fingerprint density at radius 2 is 2.29 bits per heavy atom. The van der Waals surface area contributed by atoms with Crippen LogP contribution >= 0.6 is 11.8 Å². The second-order valence-electron chi connectivity index (χ2n) is 4.02. The van der Waals surface area contributed by atoms with E-state index in [1.54, 1.807) is 6.92 Å². The van der Waals surface area contributed by atoms with E-state index in [-0.39, 0.29) is 0 Å². The summed E-state index contributed by atoms with van der Waals surface area (Å²) in [5.41, 5.74) is 5.07. The van der Waals surface area contributed by atoms with Gasteiger partial charge < -0.3 is 10.5 Å². The number of thioether (sulfide) groups is 1. The van der Waals surface area contributed by atoms with E-state index in [9.17, 15) is 0 Å². The van der Waals surface area contributed by atoms with Crippen LogP contribution in [0.1, 0.15) is 26.2 Å². The van der Waals surface area contributed by atoms with Gasteiger partial charge in [0.1, 0.15) is 5.54 Å². The van der Waals surface area contributed by atoms with Crippen LogP contribution in [0.5, 0.6) is 0 Å². The summed E-state index contributed by atoms with van der Waals surface area (Å²) in [6, 6.07) is 2.11. The molecule has 14 heavy (non-hydrogen) atoms. The SMILES string of the molecule is CC(N)(C#N)CCCCSC1COC1. The topological polar surface area (TPSA) is 59.0 Å². The summed E-state index contributed by atoms with van der Waals surface area (Å²) < 4.78 is 5.08. The van der Waals surface area contributed by atoms with Gasteiger partial charge in [-0.05, 0) is 31.9 Å². The predicted molar refractivity (Wildman–Crippen MR) is 59.1 cm³/mol. The summed E-state index contributed by atoms with van der Waals surface area (Å²) >= 11 is 1.97. The summed E-state index contributed by atoms with van der Waals surface area (Å²) in [4.78, 5) is 0. The molecule has 0 spiro atoms. The van der Waals surface area contributed by atoms with Crippen LogP contribution in [0.4, 0.5) is 0 Å². The van der Waals surface area contributed by atoms with Gasteiger partial charge in [0, 0.05) is 0 Å². The zero-order chi connectivity index (χ0) is 10.4. The molecule has 0 aromatic rings. The van der Waals surface area contributed by atoms with Gasteiger partial charge in [-0.3, -0.25) is 0 Å². The van der Waals surface area contributed by atoms with Crippen LogP contribution in [-0.4, -0.2) is 29.8 Å². The molecule has 0 radical (unpaired) electrons. The predicted octanol–water partition coefficient (Wildman–Crippen LogP) is 1.53. The summed E-state index contributed by atoms with van der Waals surface area (Å²) in [6.45, 7) is 3.62. The fourth-order valence-electron chi connectivity index (χ4n) is 1.21. The number of nitrogens with two attached hydrogens (primary N) is 1. The van der Waals surface area contributed by atoms with E-state index in [2.05, 4.69) is 6.07 Å². The van der Waals surface area contributed by atoms with Crippen LogP contribution in [0, 0.1) is 11.3 Å².